The molecule has 0 radical (unpaired) electrons. The maximum Gasteiger partial charge on any atom is 1.00 e. The number of rotatable bonds is 0. The van der Waals surface area contributed by atoms with Crippen LogP contribution in [0.4, 0.5) is 0 Å². The molecule has 0 fully saturated rings. The molecule has 8 heteroatoms. The number of hydrogen-bond acceptors (Lipinski definition) is 4. The second-order valence-electron chi connectivity index (χ2n) is 0.600. The van der Waals surface area contributed by atoms with Crippen LogP contribution in [-0.4, -0.2) is 45.6 Å². The van der Waals surface area contributed by atoms with Gasteiger partial charge in [0.25, 0.3) is 0 Å². The second-order valence-corrected chi connectivity index (χ2v) is 1.80. The standard InChI is InChI=1S/Al.Li.Na.H4O4Si.5H/c;;;1-5(2,3)4;;;;;/h;;;1-4H;;;;;/q;2*+1;;;;;2*-1. The summed E-state index contributed by atoms with van der Waals surface area (Å²) in [6, 6.07) is 0. The second kappa shape index (κ2) is 9.19. The Kier molecular flexibility index (Phi) is 25.8. The molecule has 0 amide bonds. The summed E-state index contributed by atoms with van der Waals surface area (Å²) >= 11 is 0. The first kappa shape index (κ1) is 22.5. The van der Waals surface area contributed by atoms with E-state index in [2.05, 4.69) is 0 Å². The molecule has 0 bridgehead atoms. The van der Waals surface area contributed by atoms with Crippen molar-refractivity contribution < 1.29 is 70.5 Å². The predicted molar refractivity (Wildman–Crippen MR) is 26.8 cm³/mol. The van der Waals surface area contributed by atoms with Gasteiger partial charge in [0.2, 0.25) is 0 Å². The molecular weight excluding hydrogens is 149 g/mol. The Morgan fingerprint density at radius 1 is 1.00 bits per heavy atom. The minimum Gasteiger partial charge on any atom is -1.00 e. The average molecular weight is 158 g/mol. The van der Waals surface area contributed by atoms with Crippen molar-refractivity contribution in [2.45, 2.75) is 0 Å². The molecule has 0 saturated heterocycles. The van der Waals surface area contributed by atoms with Crippen LogP contribution in [0.25, 0.3) is 0 Å². The Labute approximate surface area is 96.0 Å². The molecule has 0 aromatic rings. The molecule has 0 unspecified atom stereocenters. The van der Waals surface area contributed by atoms with Crippen LogP contribution in [0.1, 0.15) is 2.85 Å². The van der Waals surface area contributed by atoms with Crippen LogP contribution in [0.3, 0.4) is 0 Å². The zero-order valence-corrected chi connectivity index (χ0v) is 7.29. The van der Waals surface area contributed by atoms with Crippen molar-refractivity contribution >= 4 is 26.4 Å². The van der Waals surface area contributed by atoms with Crippen molar-refractivity contribution in [1.82, 2.24) is 0 Å². The molecule has 0 aliphatic heterocycles. The maximum absolute atomic E-state index is 7.33. The first-order valence-corrected chi connectivity index (χ1v) is 2.68. The third kappa shape index (κ3) is 88.4. The first-order valence-electron chi connectivity index (χ1n) is 0.894. The normalized spacial score (nSPS) is 7.50. The van der Waals surface area contributed by atoms with E-state index < -0.39 is 9.05 Å². The SMILES string of the molecule is O[Si](O)(O)O.[AlH3].[H-].[H-].[Li+].[Na+]. The molecule has 0 saturated carbocycles. The van der Waals surface area contributed by atoms with Gasteiger partial charge in [-0.15, -0.1) is 0 Å². The molecule has 0 aliphatic rings. The van der Waals surface area contributed by atoms with E-state index in [-0.39, 0.29) is 68.6 Å². The quantitative estimate of drug-likeness (QED) is 0.264. The zero-order valence-electron chi connectivity index (χ0n) is 6.29. The van der Waals surface area contributed by atoms with E-state index in [9.17, 15) is 0 Å². The Morgan fingerprint density at radius 2 is 1.00 bits per heavy atom. The molecule has 0 aromatic carbocycles. The Balaban J connectivity index is -0.00000000800. The molecule has 42 valence electrons. The summed E-state index contributed by atoms with van der Waals surface area (Å²) < 4.78 is 0. The van der Waals surface area contributed by atoms with E-state index in [1.165, 1.54) is 0 Å². The fraction of sp³-hybridized carbons (Fsp3) is 0. The fourth-order valence-corrected chi connectivity index (χ4v) is 0. The van der Waals surface area contributed by atoms with E-state index in [0.717, 1.165) is 0 Å². The summed E-state index contributed by atoms with van der Waals surface area (Å²) in [4.78, 5) is 29.3. The van der Waals surface area contributed by atoms with Gasteiger partial charge in [-0.2, -0.15) is 0 Å². The molecule has 0 rings (SSSR count). The molecular formula is H9AlLiNaO4Si. The van der Waals surface area contributed by atoms with Gasteiger partial charge in [-0.3, -0.25) is 0 Å². The van der Waals surface area contributed by atoms with Crippen molar-refractivity contribution in [3.8, 4) is 0 Å². The van der Waals surface area contributed by atoms with E-state index >= 15 is 0 Å². The van der Waals surface area contributed by atoms with Crippen molar-refractivity contribution in [1.29, 1.82) is 0 Å². The van der Waals surface area contributed by atoms with Crippen LogP contribution in [-0.2, 0) is 0 Å². The molecule has 4 N–H and O–H groups in total. The van der Waals surface area contributed by atoms with E-state index in [4.69, 9.17) is 19.2 Å². The maximum atomic E-state index is 7.33. The van der Waals surface area contributed by atoms with Crippen LogP contribution >= 0.6 is 0 Å². The third-order valence-corrected chi connectivity index (χ3v) is 0. The largest absolute Gasteiger partial charge is 1.00 e. The fourth-order valence-electron chi connectivity index (χ4n) is 0. The Morgan fingerprint density at radius 3 is 1.00 bits per heavy atom. The molecule has 0 atom stereocenters. The van der Waals surface area contributed by atoms with Gasteiger partial charge < -0.3 is 22.0 Å². The van der Waals surface area contributed by atoms with Crippen molar-refractivity contribution in [2.75, 3.05) is 0 Å². The molecule has 0 spiro atoms. The molecule has 0 heterocycles. The topological polar surface area (TPSA) is 80.9 Å². The van der Waals surface area contributed by atoms with Crippen molar-refractivity contribution in [3.63, 3.8) is 0 Å². The minimum absolute atomic E-state index is 0. The Bertz CT molecular complexity index is 38.7. The van der Waals surface area contributed by atoms with Crippen molar-refractivity contribution in [2.24, 2.45) is 0 Å². The van der Waals surface area contributed by atoms with Gasteiger partial charge in [0.1, 0.15) is 0 Å². The first-order chi connectivity index (χ1) is 2.00. The molecule has 0 aromatic heterocycles. The van der Waals surface area contributed by atoms with Gasteiger partial charge in [-0.1, -0.05) is 0 Å². The van der Waals surface area contributed by atoms with Gasteiger partial charge in [0, 0.05) is 0 Å². The van der Waals surface area contributed by atoms with Crippen LogP contribution in [0.15, 0.2) is 0 Å². The van der Waals surface area contributed by atoms with Gasteiger partial charge in [-0.05, 0) is 0 Å². The van der Waals surface area contributed by atoms with Gasteiger partial charge in [0.15, 0.2) is 17.4 Å². The smallest absolute Gasteiger partial charge is 1.00 e. The van der Waals surface area contributed by atoms with Gasteiger partial charge >= 0.3 is 57.5 Å². The molecule has 4 nitrogen and oxygen atoms in total. The Hall–Kier alpha value is 2.19. The summed E-state index contributed by atoms with van der Waals surface area (Å²) in [5.41, 5.74) is 0. The monoisotopic (exact) mass is 158 g/mol. The van der Waals surface area contributed by atoms with Gasteiger partial charge in [-0.25, -0.2) is 0 Å². The number of hydrogen-bond donors (Lipinski definition) is 4. The summed E-state index contributed by atoms with van der Waals surface area (Å²) in [6.07, 6.45) is 0. The summed E-state index contributed by atoms with van der Waals surface area (Å²) in [5, 5.41) is 0. The van der Waals surface area contributed by atoms with Crippen molar-refractivity contribution in [3.05, 3.63) is 0 Å². The average Bonchev–Trinajstić information content (AvgIpc) is 0.722. The van der Waals surface area contributed by atoms with Crippen LogP contribution in [0.2, 0.25) is 0 Å². The summed E-state index contributed by atoms with van der Waals surface area (Å²) in [5.74, 6) is 0. The summed E-state index contributed by atoms with van der Waals surface area (Å²) in [6.45, 7) is 0. The molecule has 0 aliphatic carbocycles. The third-order valence-electron chi connectivity index (χ3n) is 0. The molecule has 8 heavy (non-hydrogen) atoms. The van der Waals surface area contributed by atoms with Crippen LogP contribution in [0, 0.1) is 0 Å². The predicted octanol–water partition coefficient (Wildman–Crippen LogP) is -9.56. The van der Waals surface area contributed by atoms with Crippen LogP contribution < -0.4 is 48.4 Å². The zero-order chi connectivity index (χ0) is 4.50. The van der Waals surface area contributed by atoms with Gasteiger partial charge in [0.05, 0.1) is 0 Å². The van der Waals surface area contributed by atoms with E-state index in [0.29, 0.717) is 0 Å². The summed E-state index contributed by atoms with van der Waals surface area (Å²) in [7, 11) is -4.61. The minimum atomic E-state index is -4.61. The van der Waals surface area contributed by atoms with E-state index in [1.807, 2.05) is 0 Å². The van der Waals surface area contributed by atoms with Crippen LogP contribution in [0.5, 0.6) is 0 Å². The van der Waals surface area contributed by atoms with E-state index in [1.54, 1.807) is 0 Å².